The standard InChI is InChI=1S/C23H26F3N5OS/c1-15-12-19(32-29-15)20-27-28-21(30(20)2)33-11-3-9-31-10-8-22(14-31)13-18(22)16-4-6-17(7-5-16)23(24,25)26/h4-7,12,18H,3,8-11,13-14H2,1-2H3/t18?,22-/m0/s1. The van der Waals surface area contributed by atoms with Crippen molar-refractivity contribution in [2.75, 3.05) is 25.4 Å². The highest BCUT2D eigenvalue weighted by Gasteiger charge is 2.57. The number of thioether (sulfide) groups is 1. The lowest BCUT2D eigenvalue weighted by atomic mass is 9.97. The SMILES string of the molecule is Cc1cc(-c2nnc(SCCCN3CC[C@]4(CC4c4ccc(C(F)(F)F)cc4)C3)n2C)on1. The second-order valence-corrected chi connectivity index (χ2v) is 10.2. The molecule has 1 saturated heterocycles. The first-order chi connectivity index (χ1) is 15.7. The maximum absolute atomic E-state index is 12.8. The fourth-order valence-corrected chi connectivity index (χ4v) is 5.76. The van der Waals surface area contributed by atoms with Crippen molar-refractivity contribution in [1.82, 2.24) is 24.8 Å². The van der Waals surface area contributed by atoms with Crippen LogP contribution in [0.25, 0.3) is 11.6 Å². The van der Waals surface area contributed by atoms with E-state index in [-0.39, 0.29) is 5.41 Å². The lowest BCUT2D eigenvalue weighted by Crippen LogP contribution is -2.23. The average molecular weight is 478 g/mol. The number of aryl methyl sites for hydroxylation is 1. The number of likely N-dealkylation sites (tertiary alicyclic amines) is 1. The molecule has 1 unspecified atom stereocenters. The van der Waals surface area contributed by atoms with Crippen molar-refractivity contribution < 1.29 is 17.7 Å². The van der Waals surface area contributed by atoms with Gasteiger partial charge < -0.3 is 14.0 Å². The van der Waals surface area contributed by atoms with E-state index in [9.17, 15) is 13.2 Å². The van der Waals surface area contributed by atoms with Crippen LogP contribution >= 0.6 is 11.8 Å². The molecular weight excluding hydrogens is 451 g/mol. The summed E-state index contributed by atoms with van der Waals surface area (Å²) in [6.07, 6.45) is -1.04. The Balaban J connectivity index is 1.09. The van der Waals surface area contributed by atoms with Crippen molar-refractivity contribution in [2.24, 2.45) is 12.5 Å². The Hall–Kier alpha value is -2.33. The summed E-state index contributed by atoms with van der Waals surface area (Å²) in [4.78, 5) is 2.49. The molecule has 2 aromatic heterocycles. The zero-order valence-corrected chi connectivity index (χ0v) is 19.4. The second-order valence-electron chi connectivity index (χ2n) is 9.16. The molecule has 2 atom stereocenters. The van der Waals surface area contributed by atoms with Crippen molar-refractivity contribution >= 4 is 11.8 Å². The first kappa shape index (κ1) is 22.5. The molecule has 1 aliphatic heterocycles. The van der Waals surface area contributed by atoms with Crippen LogP contribution in [0.3, 0.4) is 0 Å². The summed E-state index contributed by atoms with van der Waals surface area (Å²) in [7, 11) is 1.92. The van der Waals surface area contributed by atoms with Crippen molar-refractivity contribution in [3.63, 3.8) is 0 Å². The lowest BCUT2D eigenvalue weighted by molar-refractivity contribution is -0.137. The van der Waals surface area contributed by atoms with Gasteiger partial charge in [0.25, 0.3) is 0 Å². The van der Waals surface area contributed by atoms with Gasteiger partial charge in [0.15, 0.2) is 5.16 Å². The molecular formula is C23H26F3N5OS. The molecule has 33 heavy (non-hydrogen) atoms. The van der Waals surface area contributed by atoms with E-state index in [0.717, 1.165) is 61.1 Å². The van der Waals surface area contributed by atoms with Crippen LogP contribution in [0.15, 0.2) is 40.0 Å². The van der Waals surface area contributed by atoms with Crippen LogP contribution in [0.5, 0.6) is 0 Å². The van der Waals surface area contributed by atoms with Crippen LogP contribution in [0.1, 0.15) is 42.0 Å². The predicted octanol–water partition coefficient (Wildman–Crippen LogP) is 5.16. The van der Waals surface area contributed by atoms with Crippen LogP contribution in [-0.4, -0.2) is 50.2 Å². The topological polar surface area (TPSA) is 60.0 Å². The van der Waals surface area contributed by atoms with E-state index in [4.69, 9.17) is 4.52 Å². The van der Waals surface area contributed by atoms with Gasteiger partial charge in [-0.15, -0.1) is 10.2 Å². The van der Waals surface area contributed by atoms with Gasteiger partial charge in [-0.25, -0.2) is 0 Å². The van der Waals surface area contributed by atoms with E-state index in [1.165, 1.54) is 12.1 Å². The monoisotopic (exact) mass is 477 g/mol. The maximum Gasteiger partial charge on any atom is 0.416 e. The van der Waals surface area contributed by atoms with E-state index in [0.29, 0.717) is 17.5 Å². The van der Waals surface area contributed by atoms with E-state index >= 15 is 0 Å². The number of nitrogens with zero attached hydrogens (tertiary/aromatic N) is 5. The van der Waals surface area contributed by atoms with E-state index in [2.05, 4.69) is 20.3 Å². The Morgan fingerprint density at radius 1 is 1.21 bits per heavy atom. The molecule has 176 valence electrons. The lowest BCUT2D eigenvalue weighted by Gasteiger charge is -2.16. The highest BCUT2D eigenvalue weighted by molar-refractivity contribution is 7.99. The Morgan fingerprint density at radius 2 is 2.00 bits per heavy atom. The van der Waals surface area contributed by atoms with Crippen molar-refractivity contribution in [3.8, 4) is 11.6 Å². The van der Waals surface area contributed by atoms with Crippen LogP contribution < -0.4 is 0 Å². The molecule has 6 nitrogen and oxygen atoms in total. The summed E-state index contributed by atoms with van der Waals surface area (Å²) >= 11 is 1.68. The summed E-state index contributed by atoms with van der Waals surface area (Å²) in [6.45, 7) is 4.97. The van der Waals surface area contributed by atoms with Crippen molar-refractivity contribution in [1.29, 1.82) is 0 Å². The average Bonchev–Trinajstić information content (AvgIpc) is 3.06. The number of benzene rings is 1. The Morgan fingerprint density at radius 3 is 2.70 bits per heavy atom. The minimum atomic E-state index is -4.27. The summed E-state index contributed by atoms with van der Waals surface area (Å²) in [5.74, 6) is 2.61. The second kappa shape index (κ2) is 8.47. The molecule has 1 saturated carbocycles. The smallest absolute Gasteiger partial charge is 0.353 e. The van der Waals surface area contributed by atoms with Gasteiger partial charge in [0.1, 0.15) is 0 Å². The molecule has 5 rings (SSSR count). The van der Waals surface area contributed by atoms with Gasteiger partial charge in [0.2, 0.25) is 11.6 Å². The van der Waals surface area contributed by atoms with Crippen LogP contribution in [-0.2, 0) is 13.2 Å². The highest BCUT2D eigenvalue weighted by atomic mass is 32.2. The third-order valence-electron chi connectivity index (χ3n) is 6.83. The number of hydrogen-bond acceptors (Lipinski definition) is 6. The third kappa shape index (κ3) is 4.55. The van der Waals surface area contributed by atoms with Gasteiger partial charge in [-0.05, 0) is 68.3 Å². The Labute approximate surface area is 194 Å². The van der Waals surface area contributed by atoms with E-state index in [1.54, 1.807) is 23.9 Å². The molecule has 10 heteroatoms. The number of halogens is 3. The summed E-state index contributed by atoms with van der Waals surface area (Å²) in [6, 6.07) is 7.60. The number of aromatic nitrogens is 4. The minimum absolute atomic E-state index is 0.251. The molecule has 2 aliphatic rings. The molecule has 3 aromatic rings. The predicted molar refractivity (Wildman–Crippen MR) is 119 cm³/mol. The molecule has 0 bridgehead atoms. The summed E-state index contributed by atoms with van der Waals surface area (Å²) in [5, 5.41) is 13.2. The van der Waals surface area contributed by atoms with Crippen LogP contribution in [0, 0.1) is 12.3 Å². The zero-order valence-electron chi connectivity index (χ0n) is 18.6. The van der Waals surface area contributed by atoms with E-state index in [1.807, 2.05) is 24.6 Å². The largest absolute Gasteiger partial charge is 0.416 e. The van der Waals surface area contributed by atoms with Gasteiger partial charge in [-0.2, -0.15) is 13.2 Å². The fraction of sp³-hybridized carbons (Fsp3) is 0.522. The molecule has 2 fully saturated rings. The van der Waals surface area contributed by atoms with Crippen molar-refractivity contribution in [2.45, 2.75) is 43.4 Å². The number of rotatable bonds is 7. The molecule has 1 spiro atoms. The molecule has 0 radical (unpaired) electrons. The molecule has 1 aromatic carbocycles. The van der Waals surface area contributed by atoms with Gasteiger partial charge in [0.05, 0.1) is 11.3 Å². The van der Waals surface area contributed by atoms with Gasteiger partial charge in [-0.3, -0.25) is 0 Å². The van der Waals surface area contributed by atoms with Crippen LogP contribution in [0.2, 0.25) is 0 Å². The van der Waals surface area contributed by atoms with Gasteiger partial charge >= 0.3 is 6.18 Å². The Kier molecular flexibility index (Phi) is 5.76. The zero-order chi connectivity index (χ0) is 23.2. The first-order valence-corrected chi connectivity index (χ1v) is 12.1. The third-order valence-corrected chi connectivity index (χ3v) is 7.93. The number of hydrogen-bond donors (Lipinski definition) is 0. The van der Waals surface area contributed by atoms with Crippen LogP contribution in [0.4, 0.5) is 13.2 Å². The van der Waals surface area contributed by atoms with Gasteiger partial charge in [-0.1, -0.05) is 29.1 Å². The first-order valence-electron chi connectivity index (χ1n) is 11.1. The Bertz CT molecular complexity index is 1130. The quantitative estimate of drug-likeness (QED) is 0.346. The van der Waals surface area contributed by atoms with E-state index < -0.39 is 11.7 Å². The fourth-order valence-electron chi connectivity index (χ4n) is 4.93. The van der Waals surface area contributed by atoms with Crippen molar-refractivity contribution in [3.05, 3.63) is 47.2 Å². The molecule has 0 N–H and O–H groups in total. The summed E-state index contributed by atoms with van der Waals surface area (Å²) in [5.41, 5.74) is 1.53. The molecule has 3 heterocycles. The normalized spacial score (nSPS) is 23.0. The summed E-state index contributed by atoms with van der Waals surface area (Å²) < 4.78 is 45.7. The molecule has 0 amide bonds. The minimum Gasteiger partial charge on any atom is -0.353 e. The maximum atomic E-state index is 12.8. The molecule has 1 aliphatic carbocycles. The highest BCUT2D eigenvalue weighted by Crippen LogP contribution is 2.64. The van der Waals surface area contributed by atoms with Gasteiger partial charge in [0, 0.05) is 25.4 Å². The number of alkyl halides is 3.